The predicted molar refractivity (Wildman–Crippen MR) is 58.3 cm³/mol. The van der Waals surface area contributed by atoms with Gasteiger partial charge in [-0.3, -0.25) is 4.79 Å². The molecule has 1 aliphatic heterocycles. The molecule has 2 heterocycles. The number of aliphatic hydroxyl groups excluding tert-OH is 1. The Hall–Kier alpha value is -1.82. The third-order valence-corrected chi connectivity index (χ3v) is 3.24. The van der Waals surface area contributed by atoms with E-state index in [2.05, 4.69) is 0 Å². The lowest BCUT2D eigenvalue weighted by atomic mass is 10.0. The number of carboxylic acids is 1. The van der Waals surface area contributed by atoms with Crippen LogP contribution < -0.4 is 5.56 Å². The minimum absolute atomic E-state index is 0.0346. The van der Waals surface area contributed by atoms with E-state index in [0.717, 1.165) is 6.07 Å². The van der Waals surface area contributed by atoms with Gasteiger partial charge in [-0.05, 0) is 12.3 Å². The van der Waals surface area contributed by atoms with Crippen molar-refractivity contribution in [2.75, 3.05) is 6.61 Å². The van der Waals surface area contributed by atoms with Crippen LogP contribution in [0.1, 0.15) is 29.0 Å². The van der Waals surface area contributed by atoms with Crippen molar-refractivity contribution in [2.45, 2.75) is 19.4 Å². The number of hydrogen-bond donors (Lipinski definition) is 3. The second-order valence-corrected chi connectivity index (χ2v) is 4.30. The number of hydrogen-bond acceptors (Lipinski definition) is 4. The first-order chi connectivity index (χ1) is 7.97. The molecular weight excluding hydrogens is 226 g/mol. The summed E-state index contributed by atoms with van der Waals surface area (Å²) in [6, 6.07) is 0.462. The number of pyridine rings is 1. The zero-order chi connectivity index (χ0) is 12.7. The van der Waals surface area contributed by atoms with Crippen molar-refractivity contribution < 1.29 is 20.1 Å². The predicted octanol–water partition coefficient (Wildman–Crippen LogP) is -0.0223. The van der Waals surface area contributed by atoms with Crippen LogP contribution in [0, 0.1) is 5.92 Å². The highest BCUT2D eigenvalue weighted by molar-refractivity contribution is 5.92. The Morgan fingerprint density at radius 1 is 1.59 bits per heavy atom. The molecule has 0 spiro atoms. The first-order valence-corrected chi connectivity index (χ1v) is 5.29. The lowest BCUT2D eigenvalue weighted by Gasteiger charge is -2.15. The quantitative estimate of drug-likeness (QED) is 0.673. The summed E-state index contributed by atoms with van der Waals surface area (Å²) in [5.74, 6) is -1.82. The van der Waals surface area contributed by atoms with Gasteiger partial charge in [0, 0.05) is 11.8 Å². The van der Waals surface area contributed by atoms with E-state index in [1.807, 2.05) is 6.92 Å². The summed E-state index contributed by atoms with van der Waals surface area (Å²) in [7, 11) is 0. The number of nitrogens with zero attached hydrogens (tertiary/aromatic N) is 1. The molecule has 1 aromatic heterocycles. The van der Waals surface area contributed by atoms with Crippen LogP contribution in [0.5, 0.6) is 5.75 Å². The number of fused-ring (bicyclic) bond motifs is 1. The van der Waals surface area contributed by atoms with Crippen LogP contribution >= 0.6 is 0 Å². The lowest BCUT2D eigenvalue weighted by molar-refractivity contribution is 0.0691. The molecule has 0 fully saturated rings. The van der Waals surface area contributed by atoms with E-state index in [1.54, 1.807) is 0 Å². The highest BCUT2D eigenvalue weighted by atomic mass is 16.4. The number of carbonyl (C=O) groups is 1. The van der Waals surface area contributed by atoms with Gasteiger partial charge in [0.2, 0.25) is 0 Å². The maximum absolute atomic E-state index is 11.7. The zero-order valence-corrected chi connectivity index (χ0v) is 9.25. The van der Waals surface area contributed by atoms with Crippen LogP contribution in [-0.4, -0.2) is 32.5 Å². The number of aliphatic hydroxyl groups is 1. The van der Waals surface area contributed by atoms with Crippen molar-refractivity contribution in [3.63, 3.8) is 0 Å². The van der Waals surface area contributed by atoms with E-state index in [0.29, 0.717) is 6.42 Å². The number of aromatic carboxylic acids is 1. The zero-order valence-electron chi connectivity index (χ0n) is 9.25. The molecule has 0 unspecified atom stereocenters. The summed E-state index contributed by atoms with van der Waals surface area (Å²) in [6.07, 6.45) is 0.358. The van der Waals surface area contributed by atoms with Crippen LogP contribution in [0.3, 0.4) is 0 Å². The molecule has 0 aromatic carbocycles. The minimum atomic E-state index is -1.27. The summed E-state index contributed by atoms with van der Waals surface area (Å²) in [6.45, 7) is 1.61. The molecule has 1 aromatic rings. The van der Waals surface area contributed by atoms with Crippen molar-refractivity contribution in [2.24, 2.45) is 5.92 Å². The van der Waals surface area contributed by atoms with Crippen molar-refractivity contribution in [1.29, 1.82) is 0 Å². The fourth-order valence-electron chi connectivity index (χ4n) is 2.41. The molecule has 3 N–H and O–H groups in total. The largest absolute Gasteiger partial charge is 0.507 e. The third-order valence-electron chi connectivity index (χ3n) is 3.24. The summed E-state index contributed by atoms with van der Waals surface area (Å²) >= 11 is 0. The summed E-state index contributed by atoms with van der Waals surface area (Å²) in [5.41, 5.74) is -0.438. The van der Waals surface area contributed by atoms with Crippen molar-refractivity contribution >= 4 is 5.97 Å². The third kappa shape index (κ3) is 1.61. The summed E-state index contributed by atoms with van der Waals surface area (Å²) in [4.78, 5) is 22.8. The fraction of sp³-hybridized carbons (Fsp3) is 0.455. The number of carboxylic acid groups (broad SMARTS) is 1. The molecule has 1 aliphatic rings. The Morgan fingerprint density at radius 2 is 2.24 bits per heavy atom. The normalized spacial score (nSPS) is 22.5. The fourth-order valence-corrected chi connectivity index (χ4v) is 2.41. The summed E-state index contributed by atoms with van der Waals surface area (Å²) < 4.78 is 1.27. The van der Waals surface area contributed by atoms with Gasteiger partial charge in [0.15, 0.2) is 0 Å². The molecule has 0 aliphatic carbocycles. The van der Waals surface area contributed by atoms with Gasteiger partial charge in [-0.2, -0.15) is 0 Å². The van der Waals surface area contributed by atoms with Crippen molar-refractivity contribution in [1.82, 2.24) is 4.57 Å². The van der Waals surface area contributed by atoms with Gasteiger partial charge in [0.1, 0.15) is 11.3 Å². The topological polar surface area (TPSA) is 99.8 Å². The van der Waals surface area contributed by atoms with E-state index in [9.17, 15) is 19.8 Å². The van der Waals surface area contributed by atoms with E-state index < -0.39 is 23.3 Å². The molecule has 6 nitrogen and oxygen atoms in total. The van der Waals surface area contributed by atoms with Gasteiger partial charge in [-0.15, -0.1) is 0 Å². The Bertz CT molecular complexity index is 533. The molecule has 17 heavy (non-hydrogen) atoms. The van der Waals surface area contributed by atoms with E-state index >= 15 is 0 Å². The molecule has 92 valence electrons. The highest BCUT2D eigenvalue weighted by Gasteiger charge is 2.34. The van der Waals surface area contributed by atoms with E-state index in [-0.39, 0.29) is 23.8 Å². The van der Waals surface area contributed by atoms with Gasteiger partial charge in [0.25, 0.3) is 5.56 Å². The molecule has 2 atom stereocenters. The van der Waals surface area contributed by atoms with Gasteiger partial charge in [-0.25, -0.2) is 4.79 Å². The molecule has 0 amide bonds. The lowest BCUT2D eigenvalue weighted by Crippen LogP contribution is -2.27. The van der Waals surface area contributed by atoms with E-state index in [4.69, 9.17) is 5.11 Å². The molecule has 0 bridgehead atoms. The van der Waals surface area contributed by atoms with Crippen LogP contribution in [0.25, 0.3) is 0 Å². The smallest absolute Gasteiger partial charge is 0.341 e. The minimum Gasteiger partial charge on any atom is -0.507 e. The highest BCUT2D eigenvalue weighted by Crippen LogP contribution is 2.33. The summed E-state index contributed by atoms with van der Waals surface area (Å²) in [5, 5.41) is 27.8. The molecule has 0 saturated carbocycles. The van der Waals surface area contributed by atoms with Gasteiger partial charge in [0.05, 0.1) is 12.6 Å². The molecule has 0 saturated heterocycles. The van der Waals surface area contributed by atoms with E-state index in [1.165, 1.54) is 4.57 Å². The molecular formula is C11H13NO5. The second kappa shape index (κ2) is 3.89. The van der Waals surface area contributed by atoms with Crippen molar-refractivity contribution in [3.8, 4) is 5.75 Å². The van der Waals surface area contributed by atoms with Gasteiger partial charge < -0.3 is 19.9 Å². The SMILES string of the molecule is C[C@H]1Cc2c(C(=O)O)c(O)cc(=O)n2[C@@H]1CO. The monoisotopic (exact) mass is 239 g/mol. The number of aromatic hydroxyl groups is 1. The maximum Gasteiger partial charge on any atom is 0.341 e. The Balaban J connectivity index is 2.74. The molecule has 6 heteroatoms. The van der Waals surface area contributed by atoms with Crippen LogP contribution in [0.15, 0.2) is 10.9 Å². The first-order valence-electron chi connectivity index (χ1n) is 5.29. The molecule has 2 rings (SSSR count). The molecule has 0 radical (unpaired) electrons. The Kier molecular flexibility index (Phi) is 2.66. The van der Waals surface area contributed by atoms with Crippen LogP contribution in [-0.2, 0) is 6.42 Å². The second-order valence-electron chi connectivity index (χ2n) is 4.30. The van der Waals surface area contributed by atoms with Crippen LogP contribution in [0.2, 0.25) is 0 Å². The standard InChI is InChI=1S/C11H13NO5/c1-5-2-6-10(11(16)17)8(14)3-9(15)12(6)7(5)4-13/h3,5,7,13-14H,2,4H2,1H3,(H,16,17)/t5-,7+/m0/s1. The van der Waals surface area contributed by atoms with Crippen LogP contribution in [0.4, 0.5) is 0 Å². The van der Waals surface area contributed by atoms with Gasteiger partial charge in [-0.1, -0.05) is 6.92 Å². The number of rotatable bonds is 2. The first kappa shape index (κ1) is 11.7. The Morgan fingerprint density at radius 3 is 2.76 bits per heavy atom. The average Bonchev–Trinajstić information content (AvgIpc) is 2.53. The van der Waals surface area contributed by atoms with Gasteiger partial charge >= 0.3 is 5.97 Å². The number of aromatic nitrogens is 1. The Labute approximate surface area is 96.8 Å². The maximum atomic E-state index is 11.7. The average molecular weight is 239 g/mol. The van der Waals surface area contributed by atoms with Crippen molar-refractivity contribution in [3.05, 3.63) is 27.7 Å².